The number of primary amides is 1. The first kappa shape index (κ1) is 23.9. The van der Waals surface area contributed by atoms with Gasteiger partial charge in [0.15, 0.2) is 11.5 Å². The Bertz CT molecular complexity index is 1270. The van der Waals surface area contributed by atoms with E-state index in [1.165, 1.54) is 6.42 Å². The Kier molecular flexibility index (Phi) is 6.63. The van der Waals surface area contributed by atoms with Gasteiger partial charge in [-0.05, 0) is 73.2 Å². The summed E-state index contributed by atoms with van der Waals surface area (Å²) in [7, 11) is 0. The van der Waals surface area contributed by atoms with E-state index in [1.54, 1.807) is 30.3 Å². The highest BCUT2D eigenvalue weighted by Crippen LogP contribution is 2.39. The number of carbonyl (C=O) groups is 3. The van der Waals surface area contributed by atoms with Crippen molar-refractivity contribution in [3.8, 4) is 11.5 Å². The zero-order chi connectivity index (χ0) is 25.2. The van der Waals surface area contributed by atoms with Crippen LogP contribution in [0.25, 0.3) is 10.8 Å². The molecule has 3 amide bonds. The Morgan fingerprint density at radius 1 is 0.944 bits per heavy atom. The Morgan fingerprint density at radius 2 is 1.58 bits per heavy atom. The summed E-state index contributed by atoms with van der Waals surface area (Å²) in [6, 6.07) is 15.5. The topological polar surface area (TPSA) is 98.9 Å². The summed E-state index contributed by atoms with van der Waals surface area (Å²) in [5, 5.41) is 1.74. The lowest BCUT2D eigenvalue weighted by Gasteiger charge is -2.27. The Labute approximate surface area is 210 Å². The molecule has 1 fully saturated rings. The number of ether oxygens (including phenoxy) is 2. The molecule has 7 nitrogen and oxygen atoms in total. The van der Waals surface area contributed by atoms with Crippen LogP contribution in [-0.4, -0.2) is 35.3 Å². The summed E-state index contributed by atoms with van der Waals surface area (Å²) in [5.41, 5.74) is 6.83. The van der Waals surface area contributed by atoms with Gasteiger partial charge in [-0.25, -0.2) is 0 Å². The molecule has 5 rings (SSSR count). The average molecular weight is 487 g/mol. The Hall–Kier alpha value is -3.87. The first-order valence-corrected chi connectivity index (χ1v) is 12.6. The van der Waals surface area contributed by atoms with Gasteiger partial charge in [0.1, 0.15) is 0 Å². The van der Waals surface area contributed by atoms with E-state index in [9.17, 15) is 14.4 Å². The zero-order valence-corrected chi connectivity index (χ0v) is 20.4. The maximum Gasteiger partial charge on any atom is 0.262 e. The molecule has 1 unspecified atom stereocenters. The second-order valence-electron chi connectivity index (χ2n) is 9.43. The summed E-state index contributed by atoms with van der Waals surface area (Å²) in [5.74, 6) is -0.335. The number of nitrogens with two attached hydrogens (primary N) is 1. The van der Waals surface area contributed by atoms with Gasteiger partial charge >= 0.3 is 0 Å². The zero-order valence-electron chi connectivity index (χ0n) is 20.4. The van der Waals surface area contributed by atoms with Crippen LogP contribution in [0.1, 0.15) is 77.8 Å². The van der Waals surface area contributed by atoms with Crippen LogP contribution in [0.5, 0.6) is 11.5 Å². The molecule has 3 aromatic carbocycles. The van der Waals surface area contributed by atoms with Crippen molar-refractivity contribution >= 4 is 28.5 Å². The number of amides is 3. The normalized spacial score (nSPS) is 16.8. The molecule has 36 heavy (non-hydrogen) atoms. The largest absolute Gasteiger partial charge is 0.490 e. The third-order valence-corrected chi connectivity index (χ3v) is 6.99. The van der Waals surface area contributed by atoms with Crippen molar-refractivity contribution in [2.75, 3.05) is 6.61 Å². The fourth-order valence-corrected chi connectivity index (χ4v) is 5.24. The lowest BCUT2D eigenvalue weighted by atomic mass is 9.97. The molecule has 186 valence electrons. The van der Waals surface area contributed by atoms with Crippen molar-refractivity contribution in [1.29, 1.82) is 0 Å². The molecular formula is C29H30N2O5. The second kappa shape index (κ2) is 10.0. The summed E-state index contributed by atoms with van der Waals surface area (Å²) in [6.07, 6.45) is 5.45. The number of rotatable bonds is 8. The minimum atomic E-state index is -0.860. The van der Waals surface area contributed by atoms with E-state index >= 15 is 0 Å². The van der Waals surface area contributed by atoms with Gasteiger partial charge in [0, 0.05) is 0 Å². The van der Waals surface area contributed by atoms with Gasteiger partial charge in [-0.2, -0.15) is 0 Å². The van der Waals surface area contributed by atoms with Crippen LogP contribution in [0.3, 0.4) is 0 Å². The summed E-state index contributed by atoms with van der Waals surface area (Å²) in [4.78, 5) is 40.2. The van der Waals surface area contributed by atoms with Crippen molar-refractivity contribution in [2.45, 2.75) is 57.6 Å². The first-order valence-electron chi connectivity index (χ1n) is 12.6. The Morgan fingerprint density at radius 3 is 2.17 bits per heavy atom. The number of carbonyl (C=O) groups excluding carboxylic acids is 3. The molecule has 0 saturated heterocycles. The smallest absolute Gasteiger partial charge is 0.262 e. The Balaban J connectivity index is 1.51. The third kappa shape index (κ3) is 4.53. The van der Waals surface area contributed by atoms with Crippen LogP contribution in [0, 0.1) is 0 Å². The van der Waals surface area contributed by atoms with Crippen LogP contribution in [0.2, 0.25) is 0 Å². The molecule has 7 heteroatoms. The molecular weight excluding hydrogens is 456 g/mol. The van der Waals surface area contributed by atoms with Gasteiger partial charge in [-0.1, -0.05) is 36.8 Å². The quantitative estimate of drug-likeness (QED) is 0.443. The van der Waals surface area contributed by atoms with Crippen LogP contribution < -0.4 is 15.2 Å². The molecule has 0 radical (unpaired) electrons. The lowest BCUT2D eigenvalue weighted by molar-refractivity contribution is -0.118. The minimum absolute atomic E-state index is 0.135. The predicted octanol–water partition coefficient (Wildman–Crippen LogP) is 5.16. The van der Waals surface area contributed by atoms with Gasteiger partial charge in [-0.15, -0.1) is 0 Å². The van der Waals surface area contributed by atoms with Gasteiger partial charge in [0.25, 0.3) is 11.8 Å². The maximum absolute atomic E-state index is 13.5. The van der Waals surface area contributed by atoms with Crippen molar-refractivity contribution in [3.05, 3.63) is 71.3 Å². The minimum Gasteiger partial charge on any atom is -0.490 e. The molecule has 0 spiro atoms. The molecule has 1 aliphatic heterocycles. The third-order valence-electron chi connectivity index (χ3n) is 6.99. The standard InChI is InChI=1S/C29H30N2O5/c1-2-35-26-16-20(12-13-25(26)36-21-10-4-3-5-11-21)24(17-27(30)32)31-28(33)22-14-18-8-6-7-9-19(18)15-23(22)29(31)34/h6-9,12-16,21,24H,2-5,10-11,17H2,1H3,(H2,30,32). The van der Waals surface area contributed by atoms with E-state index in [0.29, 0.717) is 34.8 Å². The molecule has 2 aliphatic rings. The molecule has 1 aliphatic carbocycles. The molecule has 0 aromatic heterocycles. The highest BCUT2D eigenvalue weighted by molar-refractivity contribution is 6.23. The van der Waals surface area contributed by atoms with Crippen LogP contribution >= 0.6 is 0 Å². The van der Waals surface area contributed by atoms with E-state index in [1.807, 2.05) is 31.2 Å². The van der Waals surface area contributed by atoms with Crippen molar-refractivity contribution in [2.24, 2.45) is 5.73 Å². The van der Waals surface area contributed by atoms with Gasteiger partial charge < -0.3 is 15.2 Å². The highest BCUT2D eigenvalue weighted by Gasteiger charge is 2.41. The fourth-order valence-electron chi connectivity index (χ4n) is 5.24. The van der Waals surface area contributed by atoms with Gasteiger partial charge in [0.2, 0.25) is 5.91 Å². The maximum atomic E-state index is 13.5. The molecule has 1 saturated carbocycles. The van der Waals surface area contributed by atoms with Crippen LogP contribution in [0.15, 0.2) is 54.6 Å². The van der Waals surface area contributed by atoms with Gasteiger partial charge in [0.05, 0.1) is 36.3 Å². The molecule has 0 bridgehead atoms. The van der Waals surface area contributed by atoms with Crippen LogP contribution in [-0.2, 0) is 4.79 Å². The molecule has 3 aromatic rings. The lowest BCUT2D eigenvalue weighted by Crippen LogP contribution is -2.36. The average Bonchev–Trinajstić information content (AvgIpc) is 3.12. The number of fused-ring (bicyclic) bond motifs is 2. The molecule has 1 atom stereocenters. The van der Waals surface area contributed by atoms with E-state index in [0.717, 1.165) is 41.4 Å². The van der Waals surface area contributed by atoms with E-state index in [-0.39, 0.29) is 12.5 Å². The highest BCUT2D eigenvalue weighted by atomic mass is 16.5. The molecule has 2 N–H and O–H groups in total. The van der Waals surface area contributed by atoms with Crippen LogP contribution in [0.4, 0.5) is 0 Å². The van der Waals surface area contributed by atoms with E-state index in [4.69, 9.17) is 15.2 Å². The fraction of sp³-hybridized carbons (Fsp3) is 0.345. The summed E-state index contributed by atoms with van der Waals surface area (Å²) < 4.78 is 12.1. The summed E-state index contributed by atoms with van der Waals surface area (Å²) in [6.45, 7) is 2.30. The van der Waals surface area contributed by atoms with Crippen molar-refractivity contribution in [1.82, 2.24) is 4.90 Å². The van der Waals surface area contributed by atoms with Crippen molar-refractivity contribution < 1.29 is 23.9 Å². The summed E-state index contributed by atoms with van der Waals surface area (Å²) >= 11 is 0. The van der Waals surface area contributed by atoms with E-state index in [2.05, 4.69) is 0 Å². The number of hydrogen-bond donors (Lipinski definition) is 1. The SMILES string of the molecule is CCOc1cc(C(CC(N)=O)N2C(=O)c3cc4ccccc4cc3C2=O)ccc1OC1CCCCC1. The van der Waals surface area contributed by atoms with E-state index < -0.39 is 23.8 Å². The van der Waals surface area contributed by atoms with Gasteiger partial charge in [-0.3, -0.25) is 19.3 Å². The predicted molar refractivity (Wildman–Crippen MR) is 136 cm³/mol. The number of hydrogen-bond acceptors (Lipinski definition) is 5. The number of nitrogens with zero attached hydrogens (tertiary/aromatic N) is 1. The number of benzene rings is 3. The van der Waals surface area contributed by atoms with Crippen molar-refractivity contribution in [3.63, 3.8) is 0 Å². The monoisotopic (exact) mass is 486 g/mol. The first-order chi connectivity index (χ1) is 17.5. The number of imide groups is 1. The second-order valence-corrected chi connectivity index (χ2v) is 9.43. The molecule has 1 heterocycles.